The summed E-state index contributed by atoms with van der Waals surface area (Å²) in [5.41, 5.74) is 0.661. The summed E-state index contributed by atoms with van der Waals surface area (Å²) in [6.45, 7) is 0. The molecule has 0 amide bonds. The average molecular weight is 309 g/mol. The van der Waals surface area contributed by atoms with E-state index in [2.05, 4.69) is 40.3 Å². The number of rotatable bonds is 1. The van der Waals surface area contributed by atoms with E-state index >= 15 is 0 Å². The lowest BCUT2D eigenvalue weighted by Gasteiger charge is -2.01. The van der Waals surface area contributed by atoms with Crippen molar-refractivity contribution in [3.05, 3.63) is 34.0 Å². The molecule has 0 aliphatic heterocycles. The van der Waals surface area contributed by atoms with Gasteiger partial charge >= 0.3 is 0 Å². The first-order valence-electron chi connectivity index (χ1n) is 3.11. The zero-order chi connectivity index (χ0) is 9.84. The lowest BCUT2D eigenvalue weighted by Crippen LogP contribution is -2.14. The minimum absolute atomic E-state index is 0.0856. The molecule has 0 bridgehead atoms. The van der Waals surface area contributed by atoms with Gasteiger partial charge in [0.15, 0.2) is 0 Å². The average Bonchev–Trinajstić information content (AvgIpc) is 2.16. The predicted molar refractivity (Wildman–Crippen MR) is 56.9 cm³/mol. The van der Waals surface area contributed by atoms with Gasteiger partial charge in [0, 0.05) is 6.08 Å². The van der Waals surface area contributed by atoms with Crippen LogP contribution in [0.2, 0.25) is 0 Å². The van der Waals surface area contributed by atoms with Crippen molar-refractivity contribution in [2.75, 3.05) is 0 Å². The lowest BCUT2D eigenvalue weighted by atomic mass is 10.1. The van der Waals surface area contributed by atoms with Gasteiger partial charge in [0.2, 0.25) is 0 Å². The van der Waals surface area contributed by atoms with E-state index in [9.17, 15) is 10.1 Å². The molecule has 0 aromatic rings. The van der Waals surface area contributed by atoms with E-state index in [-0.39, 0.29) is 11.4 Å². The van der Waals surface area contributed by atoms with E-state index in [0.717, 1.165) is 0 Å². The summed E-state index contributed by atoms with van der Waals surface area (Å²) in [4.78, 5) is 10.0. The molecular weight excluding hydrogens is 306 g/mol. The zero-order valence-corrected chi connectivity index (χ0v) is 9.32. The highest BCUT2D eigenvalue weighted by Gasteiger charge is 2.20. The Bertz CT molecular complexity index is 357. The SMILES string of the molecule is O=[N+]([O-])C1=CC(=N/Br)/C=CC/1=N/Br. The fraction of sp³-hybridized carbons (Fsp3) is 0. The van der Waals surface area contributed by atoms with E-state index in [1.54, 1.807) is 6.08 Å². The van der Waals surface area contributed by atoms with Crippen LogP contribution in [-0.2, 0) is 0 Å². The Labute approximate surface area is 90.8 Å². The fourth-order valence-electron chi connectivity index (χ4n) is 0.782. The van der Waals surface area contributed by atoms with Gasteiger partial charge in [0.05, 0.1) is 42.9 Å². The smallest absolute Gasteiger partial charge is 0.258 e. The molecule has 0 fully saturated rings. The Hall–Kier alpha value is -0.820. The second-order valence-electron chi connectivity index (χ2n) is 2.10. The molecular formula is C6H3Br2N3O2. The molecule has 1 aliphatic carbocycles. The minimum Gasteiger partial charge on any atom is -0.258 e. The van der Waals surface area contributed by atoms with E-state index < -0.39 is 4.92 Å². The summed E-state index contributed by atoms with van der Waals surface area (Å²) in [6.07, 6.45) is 4.45. The molecule has 1 rings (SSSR count). The van der Waals surface area contributed by atoms with Crippen molar-refractivity contribution >= 4 is 43.7 Å². The second kappa shape index (κ2) is 4.43. The maximum atomic E-state index is 10.5. The van der Waals surface area contributed by atoms with Gasteiger partial charge in [0.25, 0.3) is 5.70 Å². The van der Waals surface area contributed by atoms with Crippen molar-refractivity contribution in [2.45, 2.75) is 0 Å². The molecule has 0 aromatic heterocycles. The van der Waals surface area contributed by atoms with Gasteiger partial charge < -0.3 is 0 Å². The molecule has 5 nitrogen and oxygen atoms in total. The molecule has 0 heterocycles. The quantitative estimate of drug-likeness (QED) is 0.423. The molecule has 0 atom stereocenters. The molecule has 0 radical (unpaired) electrons. The predicted octanol–water partition coefficient (Wildman–Crippen LogP) is 2.22. The van der Waals surface area contributed by atoms with Crippen molar-refractivity contribution in [2.24, 2.45) is 8.04 Å². The second-order valence-corrected chi connectivity index (χ2v) is 2.81. The van der Waals surface area contributed by atoms with E-state index in [1.165, 1.54) is 12.2 Å². The molecule has 0 spiro atoms. The monoisotopic (exact) mass is 307 g/mol. The van der Waals surface area contributed by atoms with Crippen molar-refractivity contribution in [1.29, 1.82) is 0 Å². The van der Waals surface area contributed by atoms with Crippen LogP contribution in [0.3, 0.4) is 0 Å². The third kappa shape index (κ3) is 2.31. The van der Waals surface area contributed by atoms with Crippen molar-refractivity contribution in [3.8, 4) is 0 Å². The third-order valence-corrected chi connectivity index (χ3v) is 2.14. The molecule has 68 valence electrons. The van der Waals surface area contributed by atoms with Crippen molar-refractivity contribution in [3.63, 3.8) is 0 Å². The lowest BCUT2D eigenvalue weighted by molar-refractivity contribution is -0.414. The summed E-state index contributed by atoms with van der Waals surface area (Å²) in [5.74, 6) is 0. The highest BCUT2D eigenvalue weighted by atomic mass is 79.9. The molecule has 0 N–H and O–H groups in total. The van der Waals surface area contributed by atoms with Gasteiger partial charge in [-0.2, -0.15) is 0 Å². The summed E-state index contributed by atoms with van der Waals surface area (Å²) in [7, 11) is 0. The normalized spacial score (nSPS) is 22.2. The highest BCUT2D eigenvalue weighted by Crippen LogP contribution is 2.11. The fourth-order valence-corrected chi connectivity index (χ4v) is 1.30. The summed E-state index contributed by atoms with van der Waals surface area (Å²) >= 11 is 5.65. The number of nitrogens with zero attached hydrogens (tertiary/aromatic N) is 3. The number of nitro groups is 1. The van der Waals surface area contributed by atoms with Gasteiger partial charge in [-0.1, -0.05) is 0 Å². The Kier molecular flexibility index (Phi) is 3.49. The zero-order valence-electron chi connectivity index (χ0n) is 6.15. The number of halogens is 2. The number of hydrogen-bond acceptors (Lipinski definition) is 4. The maximum Gasteiger partial charge on any atom is 0.297 e. The van der Waals surface area contributed by atoms with Gasteiger partial charge in [0.1, 0.15) is 5.71 Å². The first kappa shape index (κ1) is 10.3. The van der Waals surface area contributed by atoms with Gasteiger partial charge in [-0.25, -0.2) is 8.04 Å². The van der Waals surface area contributed by atoms with Crippen LogP contribution in [0.1, 0.15) is 0 Å². The number of hydrogen-bond donors (Lipinski definition) is 0. The molecule has 1 aliphatic rings. The molecule has 13 heavy (non-hydrogen) atoms. The maximum absolute atomic E-state index is 10.5. The van der Waals surface area contributed by atoms with E-state index in [1.807, 2.05) is 0 Å². The molecule has 7 heteroatoms. The van der Waals surface area contributed by atoms with Crippen molar-refractivity contribution < 1.29 is 4.92 Å². The van der Waals surface area contributed by atoms with Crippen LogP contribution in [0, 0.1) is 10.1 Å². The third-order valence-electron chi connectivity index (χ3n) is 1.34. The van der Waals surface area contributed by atoms with E-state index in [4.69, 9.17) is 0 Å². The highest BCUT2D eigenvalue weighted by molar-refractivity contribution is 9.08. The van der Waals surface area contributed by atoms with Crippen LogP contribution < -0.4 is 0 Å². The van der Waals surface area contributed by atoms with Crippen LogP contribution >= 0.6 is 32.3 Å². The van der Waals surface area contributed by atoms with Crippen LogP contribution in [0.25, 0.3) is 0 Å². The van der Waals surface area contributed by atoms with Crippen LogP contribution in [0.4, 0.5) is 0 Å². The summed E-state index contributed by atoms with van der Waals surface area (Å²) < 4.78 is 7.22. The van der Waals surface area contributed by atoms with E-state index in [0.29, 0.717) is 5.71 Å². The topological polar surface area (TPSA) is 67.9 Å². The van der Waals surface area contributed by atoms with Gasteiger partial charge in [-0.3, -0.25) is 10.1 Å². The molecule has 0 saturated heterocycles. The standard InChI is InChI=1S/C6H3Br2N3O2/c7-9-4-1-2-5(10-8)6(3-4)11(12)13/h1-3H/b9-4+,10-5-. The summed E-state index contributed by atoms with van der Waals surface area (Å²) in [5, 5.41) is 10.5. The largest absolute Gasteiger partial charge is 0.297 e. The van der Waals surface area contributed by atoms with Crippen molar-refractivity contribution in [1.82, 2.24) is 0 Å². The minimum atomic E-state index is -0.512. The first-order valence-corrected chi connectivity index (χ1v) is 4.53. The molecule has 0 aromatic carbocycles. The Morgan fingerprint density at radius 3 is 2.46 bits per heavy atom. The number of allylic oxidation sites excluding steroid dienone is 3. The first-order chi connectivity index (χ1) is 6.19. The Morgan fingerprint density at radius 2 is 2.00 bits per heavy atom. The van der Waals surface area contributed by atoms with Crippen LogP contribution in [0.15, 0.2) is 32.0 Å². The van der Waals surface area contributed by atoms with Gasteiger partial charge in [-0.15, -0.1) is 0 Å². The Morgan fingerprint density at radius 1 is 1.31 bits per heavy atom. The van der Waals surface area contributed by atoms with Crippen LogP contribution in [0.5, 0.6) is 0 Å². The Balaban J connectivity index is 3.13. The molecule has 0 saturated carbocycles. The van der Waals surface area contributed by atoms with Crippen LogP contribution in [-0.4, -0.2) is 16.3 Å². The molecule has 0 unspecified atom stereocenters. The van der Waals surface area contributed by atoms with Gasteiger partial charge in [-0.05, 0) is 12.2 Å². The summed E-state index contributed by atoms with van der Waals surface area (Å²) in [6, 6.07) is 0.